The largest absolute Gasteiger partial charge is 0.465 e. The van der Waals surface area contributed by atoms with Crippen LogP contribution in [0.2, 0.25) is 0 Å². The van der Waals surface area contributed by atoms with E-state index in [0.717, 1.165) is 0 Å². The number of ether oxygens (including phenoxy) is 1. The number of alkyl halides is 3. The lowest BCUT2D eigenvalue weighted by Crippen LogP contribution is -2.33. The molecular formula is C7H13ClF3NO2. The van der Waals surface area contributed by atoms with Crippen molar-refractivity contribution >= 4 is 18.4 Å². The first-order chi connectivity index (χ1) is 5.87. The predicted molar refractivity (Wildman–Crippen MR) is 47.1 cm³/mol. The Morgan fingerprint density at radius 1 is 1.50 bits per heavy atom. The molecule has 0 aromatic rings. The van der Waals surface area contributed by atoms with Gasteiger partial charge in [-0.2, -0.15) is 13.2 Å². The lowest BCUT2D eigenvalue weighted by Gasteiger charge is -2.11. The number of nitrogens with two attached hydrogens (primary N) is 1. The van der Waals surface area contributed by atoms with Crippen molar-refractivity contribution in [3.8, 4) is 0 Å². The lowest BCUT2D eigenvalue weighted by atomic mass is 10.2. The molecule has 0 aliphatic heterocycles. The molecule has 0 unspecified atom stereocenters. The lowest BCUT2D eigenvalue weighted by molar-refractivity contribution is -0.149. The summed E-state index contributed by atoms with van der Waals surface area (Å²) in [6, 6.07) is -1.18. The van der Waals surface area contributed by atoms with E-state index in [4.69, 9.17) is 5.73 Å². The summed E-state index contributed by atoms with van der Waals surface area (Å²) in [6.45, 7) is 1.69. The van der Waals surface area contributed by atoms with Crippen molar-refractivity contribution in [1.82, 2.24) is 0 Å². The van der Waals surface area contributed by atoms with E-state index in [-0.39, 0.29) is 19.0 Å². The van der Waals surface area contributed by atoms with Gasteiger partial charge in [-0.25, -0.2) is 0 Å². The van der Waals surface area contributed by atoms with Gasteiger partial charge in [0.2, 0.25) is 0 Å². The Hall–Kier alpha value is -0.490. The van der Waals surface area contributed by atoms with E-state index in [1.807, 2.05) is 0 Å². The van der Waals surface area contributed by atoms with Gasteiger partial charge in [0.05, 0.1) is 6.61 Å². The Kier molecular flexibility index (Phi) is 7.85. The van der Waals surface area contributed by atoms with Crippen LogP contribution in [0.15, 0.2) is 0 Å². The van der Waals surface area contributed by atoms with Crippen LogP contribution in [0.5, 0.6) is 0 Å². The minimum Gasteiger partial charge on any atom is -0.465 e. The zero-order chi connectivity index (χ0) is 10.5. The molecule has 0 aliphatic carbocycles. The summed E-state index contributed by atoms with van der Waals surface area (Å²) < 4.78 is 39.4. The summed E-state index contributed by atoms with van der Waals surface area (Å²) in [5.74, 6) is -0.785. The van der Waals surface area contributed by atoms with Crippen LogP contribution < -0.4 is 5.73 Å². The van der Waals surface area contributed by atoms with Gasteiger partial charge in [-0.15, -0.1) is 12.4 Å². The SMILES string of the molecule is CCOC(=O)[C@H](N)CCC(F)(F)F.Cl. The fraction of sp³-hybridized carbons (Fsp3) is 0.857. The molecule has 1 atom stereocenters. The monoisotopic (exact) mass is 235 g/mol. The summed E-state index contributed by atoms with van der Waals surface area (Å²) in [5, 5.41) is 0. The second-order valence-corrected chi connectivity index (χ2v) is 2.51. The van der Waals surface area contributed by atoms with Crippen molar-refractivity contribution in [2.75, 3.05) is 6.61 Å². The first kappa shape index (κ1) is 16.0. The third-order valence-electron chi connectivity index (χ3n) is 1.33. The zero-order valence-electron chi connectivity index (χ0n) is 7.63. The topological polar surface area (TPSA) is 52.3 Å². The molecule has 3 nitrogen and oxygen atoms in total. The van der Waals surface area contributed by atoms with Crippen molar-refractivity contribution in [3.05, 3.63) is 0 Å². The average Bonchev–Trinajstić information content (AvgIpc) is 1.99. The van der Waals surface area contributed by atoms with Gasteiger partial charge in [0.1, 0.15) is 6.04 Å². The number of hydrogen-bond donors (Lipinski definition) is 1. The van der Waals surface area contributed by atoms with Crippen LogP contribution >= 0.6 is 12.4 Å². The van der Waals surface area contributed by atoms with E-state index in [0.29, 0.717) is 0 Å². The van der Waals surface area contributed by atoms with Crippen LogP contribution in [-0.2, 0) is 9.53 Å². The van der Waals surface area contributed by atoms with Gasteiger partial charge in [-0.05, 0) is 13.3 Å². The number of carbonyl (C=O) groups excluding carboxylic acids is 1. The van der Waals surface area contributed by atoms with E-state index in [1.165, 1.54) is 0 Å². The maximum absolute atomic E-state index is 11.7. The highest BCUT2D eigenvalue weighted by atomic mass is 35.5. The molecule has 0 rings (SSSR count). The summed E-state index contributed by atoms with van der Waals surface area (Å²) in [5.41, 5.74) is 5.14. The van der Waals surface area contributed by atoms with Crippen molar-refractivity contribution in [3.63, 3.8) is 0 Å². The summed E-state index contributed by atoms with van der Waals surface area (Å²) in [6.07, 6.45) is -5.76. The highest BCUT2D eigenvalue weighted by Gasteiger charge is 2.29. The Morgan fingerprint density at radius 3 is 2.36 bits per heavy atom. The van der Waals surface area contributed by atoms with Crippen LogP contribution in [0, 0.1) is 0 Å². The summed E-state index contributed by atoms with van der Waals surface area (Å²) in [4.78, 5) is 10.7. The van der Waals surface area contributed by atoms with Crippen molar-refractivity contribution in [2.45, 2.75) is 32.0 Å². The fourth-order valence-electron chi connectivity index (χ4n) is 0.686. The maximum atomic E-state index is 11.7. The highest BCUT2D eigenvalue weighted by molar-refractivity contribution is 5.85. The molecule has 14 heavy (non-hydrogen) atoms. The Bertz CT molecular complexity index is 175. The quantitative estimate of drug-likeness (QED) is 0.754. The molecule has 0 bridgehead atoms. The minimum absolute atomic E-state index is 0. The minimum atomic E-state index is -4.27. The van der Waals surface area contributed by atoms with Crippen LogP contribution in [0.4, 0.5) is 13.2 Å². The average molecular weight is 236 g/mol. The molecule has 0 spiro atoms. The van der Waals surface area contributed by atoms with Crippen molar-refractivity contribution in [2.24, 2.45) is 5.73 Å². The van der Waals surface area contributed by atoms with Gasteiger partial charge in [-0.3, -0.25) is 4.79 Å². The summed E-state index contributed by atoms with van der Waals surface area (Å²) in [7, 11) is 0. The van der Waals surface area contributed by atoms with Gasteiger partial charge in [-0.1, -0.05) is 0 Å². The van der Waals surface area contributed by atoms with Gasteiger partial charge in [0.15, 0.2) is 0 Å². The molecular weight excluding hydrogens is 223 g/mol. The van der Waals surface area contributed by atoms with Gasteiger partial charge in [0.25, 0.3) is 0 Å². The third-order valence-corrected chi connectivity index (χ3v) is 1.33. The molecule has 0 radical (unpaired) electrons. The van der Waals surface area contributed by atoms with Crippen LogP contribution in [0.1, 0.15) is 19.8 Å². The molecule has 0 amide bonds. The molecule has 2 N–H and O–H groups in total. The molecule has 0 saturated carbocycles. The zero-order valence-corrected chi connectivity index (χ0v) is 8.45. The fourth-order valence-corrected chi connectivity index (χ4v) is 0.686. The second kappa shape index (κ2) is 6.89. The van der Waals surface area contributed by atoms with E-state index in [2.05, 4.69) is 4.74 Å². The van der Waals surface area contributed by atoms with E-state index in [1.54, 1.807) is 6.92 Å². The summed E-state index contributed by atoms with van der Waals surface area (Å²) >= 11 is 0. The number of halogens is 4. The molecule has 0 aliphatic rings. The second-order valence-electron chi connectivity index (χ2n) is 2.51. The van der Waals surface area contributed by atoms with Gasteiger partial charge < -0.3 is 10.5 Å². The number of esters is 1. The smallest absolute Gasteiger partial charge is 0.389 e. The Labute approximate surface area is 86.2 Å². The molecule has 86 valence electrons. The van der Waals surface area contributed by atoms with Crippen LogP contribution in [0.3, 0.4) is 0 Å². The van der Waals surface area contributed by atoms with Crippen molar-refractivity contribution in [1.29, 1.82) is 0 Å². The molecule has 0 fully saturated rings. The van der Waals surface area contributed by atoms with E-state index >= 15 is 0 Å². The first-order valence-electron chi connectivity index (χ1n) is 3.85. The predicted octanol–water partition coefficient (Wildman–Crippen LogP) is 1.64. The Morgan fingerprint density at radius 2 is 2.00 bits per heavy atom. The number of carbonyl (C=O) groups is 1. The van der Waals surface area contributed by atoms with Crippen LogP contribution in [-0.4, -0.2) is 24.8 Å². The normalized spacial score (nSPS) is 12.9. The third kappa shape index (κ3) is 8.12. The van der Waals surface area contributed by atoms with Gasteiger partial charge in [0, 0.05) is 6.42 Å². The maximum Gasteiger partial charge on any atom is 0.389 e. The first-order valence-corrected chi connectivity index (χ1v) is 3.85. The molecule has 0 saturated heterocycles. The molecule has 0 aromatic heterocycles. The number of rotatable bonds is 4. The van der Waals surface area contributed by atoms with Crippen molar-refractivity contribution < 1.29 is 22.7 Å². The number of hydrogen-bond acceptors (Lipinski definition) is 3. The molecule has 0 heterocycles. The highest BCUT2D eigenvalue weighted by Crippen LogP contribution is 2.21. The van der Waals surface area contributed by atoms with E-state index < -0.39 is 31.0 Å². The molecule has 0 aromatic carbocycles. The van der Waals surface area contributed by atoms with E-state index in [9.17, 15) is 18.0 Å². The Balaban J connectivity index is 0. The standard InChI is InChI=1S/C7H12F3NO2.ClH/c1-2-13-6(12)5(11)3-4-7(8,9)10;/h5H,2-4,11H2,1H3;1H/t5-;/m1./s1. The van der Waals surface area contributed by atoms with Gasteiger partial charge >= 0.3 is 12.1 Å². The molecule has 7 heteroatoms. The van der Waals surface area contributed by atoms with Crippen LogP contribution in [0.25, 0.3) is 0 Å².